The van der Waals surface area contributed by atoms with Crippen LogP contribution in [0.5, 0.6) is 5.88 Å². The quantitative estimate of drug-likeness (QED) is 0.800. The van der Waals surface area contributed by atoms with Gasteiger partial charge in [-0.3, -0.25) is 0 Å². The van der Waals surface area contributed by atoms with Crippen molar-refractivity contribution in [3.8, 4) is 5.88 Å². The molecule has 0 amide bonds. The van der Waals surface area contributed by atoms with E-state index in [1.54, 1.807) is 0 Å². The number of nitrogens with one attached hydrogen (secondary N) is 1. The fourth-order valence-corrected chi connectivity index (χ4v) is 1.59. The molecule has 0 atom stereocenters. The van der Waals surface area contributed by atoms with Crippen molar-refractivity contribution in [2.75, 3.05) is 7.05 Å². The topological polar surface area (TPSA) is 34.2 Å². The summed E-state index contributed by atoms with van der Waals surface area (Å²) in [5.41, 5.74) is 1.98. The Morgan fingerprint density at radius 3 is 3.00 bits per heavy atom. The van der Waals surface area contributed by atoms with E-state index in [2.05, 4.69) is 28.5 Å². The third-order valence-electron chi connectivity index (χ3n) is 2.34. The molecule has 2 rings (SSSR count). The van der Waals surface area contributed by atoms with E-state index in [0.717, 1.165) is 18.0 Å². The third kappa shape index (κ3) is 2.18. The first-order chi connectivity index (χ1) is 7.11. The summed E-state index contributed by atoms with van der Waals surface area (Å²) in [5.74, 6) is 0.724. The van der Waals surface area contributed by atoms with Gasteiger partial charge < -0.3 is 10.1 Å². The van der Waals surface area contributed by atoms with Crippen molar-refractivity contribution >= 4 is 6.08 Å². The maximum Gasteiger partial charge on any atom is 0.221 e. The first-order valence-electron chi connectivity index (χ1n) is 5.12. The molecule has 0 bridgehead atoms. The van der Waals surface area contributed by atoms with Gasteiger partial charge in [0.1, 0.15) is 5.60 Å². The Bertz CT molecular complexity index is 397. The number of hydrogen-bond donors (Lipinski definition) is 1. The summed E-state index contributed by atoms with van der Waals surface area (Å²) in [4.78, 5) is 4.32. The Morgan fingerprint density at radius 1 is 1.47 bits per heavy atom. The minimum absolute atomic E-state index is 0.246. The molecule has 1 aliphatic heterocycles. The summed E-state index contributed by atoms with van der Waals surface area (Å²) in [6.45, 7) is 4.88. The summed E-state index contributed by atoms with van der Waals surface area (Å²) < 4.78 is 5.73. The predicted octanol–water partition coefficient (Wildman–Crippen LogP) is 1.99. The van der Waals surface area contributed by atoms with Crippen LogP contribution in [-0.2, 0) is 6.54 Å². The molecule has 1 aliphatic rings. The highest BCUT2D eigenvalue weighted by Gasteiger charge is 2.22. The van der Waals surface area contributed by atoms with Crippen LogP contribution >= 0.6 is 0 Å². The predicted molar refractivity (Wildman–Crippen MR) is 60.7 cm³/mol. The summed E-state index contributed by atoms with van der Waals surface area (Å²) in [6, 6.07) is 2.10. The van der Waals surface area contributed by atoms with E-state index in [-0.39, 0.29) is 5.60 Å². The lowest BCUT2D eigenvalue weighted by Gasteiger charge is -2.26. The zero-order chi connectivity index (χ0) is 10.9. The fourth-order valence-electron chi connectivity index (χ4n) is 1.59. The Labute approximate surface area is 90.2 Å². The van der Waals surface area contributed by atoms with Gasteiger partial charge in [-0.1, -0.05) is 0 Å². The van der Waals surface area contributed by atoms with E-state index >= 15 is 0 Å². The van der Waals surface area contributed by atoms with Gasteiger partial charge in [0.25, 0.3) is 0 Å². The summed E-state index contributed by atoms with van der Waals surface area (Å²) >= 11 is 0. The fraction of sp³-hybridized carbons (Fsp3) is 0.417. The number of pyridine rings is 1. The zero-order valence-electron chi connectivity index (χ0n) is 9.37. The van der Waals surface area contributed by atoms with Gasteiger partial charge in [0.05, 0.1) is 0 Å². The van der Waals surface area contributed by atoms with E-state index in [1.807, 2.05) is 27.1 Å². The Balaban J connectivity index is 2.32. The standard InChI is InChI=1S/C12H16N2O/c1-12(2)5-4-10-6-9(7-13-3)8-14-11(10)15-12/h4-6,8,13H,7H2,1-3H3. The van der Waals surface area contributed by atoms with Crippen LogP contribution in [0.25, 0.3) is 6.08 Å². The molecule has 0 unspecified atom stereocenters. The van der Waals surface area contributed by atoms with Crippen LogP contribution in [0.4, 0.5) is 0 Å². The molecule has 2 heterocycles. The second-order valence-electron chi connectivity index (χ2n) is 4.31. The number of hydrogen-bond acceptors (Lipinski definition) is 3. The molecule has 1 aromatic heterocycles. The molecule has 0 radical (unpaired) electrons. The lowest BCUT2D eigenvalue weighted by Crippen LogP contribution is -2.28. The normalized spacial score (nSPS) is 17.0. The number of aromatic nitrogens is 1. The molecule has 1 N–H and O–H groups in total. The highest BCUT2D eigenvalue weighted by Crippen LogP contribution is 2.28. The minimum Gasteiger partial charge on any atom is -0.467 e. The van der Waals surface area contributed by atoms with Gasteiger partial charge in [-0.25, -0.2) is 4.98 Å². The number of nitrogens with zero attached hydrogens (tertiary/aromatic N) is 1. The highest BCUT2D eigenvalue weighted by atomic mass is 16.5. The monoisotopic (exact) mass is 204 g/mol. The average molecular weight is 204 g/mol. The van der Waals surface area contributed by atoms with E-state index in [9.17, 15) is 0 Å². The summed E-state index contributed by atoms with van der Waals surface area (Å²) in [6.07, 6.45) is 5.98. The zero-order valence-corrected chi connectivity index (χ0v) is 9.37. The van der Waals surface area contributed by atoms with Gasteiger partial charge in [-0.15, -0.1) is 0 Å². The smallest absolute Gasteiger partial charge is 0.221 e. The Morgan fingerprint density at radius 2 is 2.27 bits per heavy atom. The van der Waals surface area contributed by atoms with E-state index < -0.39 is 0 Å². The third-order valence-corrected chi connectivity index (χ3v) is 2.34. The molecule has 3 nitrogen and oxygen atoms in total. The SMILES string of the molecule is CNCc1cnc2c(c1)C=CC(C)(C)O2. The van der Waals surface area contributed by atoms with Crippen LogP contribution in [0.2, 0.25) is 0 Å². The van der Waals surface area contributed by atoms with Crippen molar-refractivity contribution in [1.82, 2.24) is 10.3 Å². The summed E-state index contributed by atoms with van der Waals surface area (Å²) in [7, 11) is 1.93. The van der Waals surface area contributed by atoms with Crippen molar-refractivity contribution in [3.05, 3.63) is 29.5 Å². The molecule has 0 aromatic carbocycles. The molecular weight excluding hydrogens is 188 g/mol. The van der Waals surface area contributed by atoms with E-state index in [4.69, 9.17) is 4.74 Å². The Hall–Kier alpha value is -1.35. The molecule has 0 saturated carbocycles. The number of fused-ring (bicyclic) bond motifs is 1. The van der Waals surface area contributed by atoms with Crippen LogP contribution in [0.15, 0.2) is 18.3 Å². The molecule has 3 heteroatoms. The lowest BCUT2D eigenvalue weighted by molar-refractivity contribution is 0.151. The molecule has 0 fully saturated rings. The highest BCUT2D eigenvalue weighted by molar-refractivity contribution is 5.59. The second-order valence-corrected chi connectivity index (χ2v) is 4.31. The van der Waals surface area contributed by atoms with Crippen LogP contribution in [-0.4, -0.2) is 17.6 Å². The van der Waals surface area contributed by atoms with Crippen molar-refractivity contribution in [2.45, 2.75) is 26.0 Å². The average Bonchev–Trinajstić information content (AvgIpc) is 2.18. The number of ether oxygens (including phenoxy) is 1. The van der Waals surface area contributed by atoms with Gasteiger partial charge in [0.2, 0.25) is 5.88 Å². The van der Waals surface area contributed by atoms with Crippen LogP contribution in [0.1, 0.15) is 25.0 Å². The van der Waals surface area contributed by atoms with Gasteiger partial charge in [0.15, 0.2) is 0 Å². The first-order valence-corrected chi connectivity index (χ1v) is 5.12. The van der Waals surface area contributed by atoms with Gasteiger partial charge in [-0.2, -0.15) is 0 Å². The minimum atomic E-state index is -0.246. The van der Waals surface area contributed by atoms with Gasteiger partial charge in [0, 0.05) is 18.3 Å². The van der Waals surface area contributed by atoms with Crippen molar-refractivity contribution in [3.63, 3.8) is 0 Å². The van der Waals surface area contributed by atoms with Crippen LogP contribution < -0.4 is 10.1 Å². The van der Waals surface area contributed by atoms with Crippen molar-refractivity contribution in [2.24, 2.45) is 0 Å². The second kappa shape index (κ2) is 3.66. The molecule has 0 saturated heterocycles. The first kappa shape index (κ1) is 10.2. The summed E-state index contributed by atoms with van der Waals surface area (Å²) in [5, 5.41) is 3.10. The van der Waals surface area contributed by atoms with Crippen molar-refractivity contribution in [1.29, 1.82) is 0 Å². The van der Waals surface area contributed by atoms with Gasteiger partial charge >= 0.3 is 0 Å². The van der Waals surface area contributed by atoms with E-state index in [1.165, 1.54) is 5.56 Å². The van der Waals surface area contributed by atoms with E-state index in [0.29, 0.717) is 0 Å². The van der Waals surface area contributed by atoms with Crippen LogP contribution in [0.3, 0.4) is 0 Å². The van der Waals surface area contributed by atoms with Crippen LogP contribution in [0, 0.1) is 0 Å². The van der Waals surface area contributed by atoms with Gasteiger partial charge in [-0.05, 0) is 44.7 Å². The Kier molecular flexibility index (Phi) is 2.49. The lowest BCUT2D eigenvalue weighted by atomic mass is 10.0. The number of rotatable bonds is 2. The maximum absolute atomic E-state index is 5.73. The molecule has 80 valence electrons. The molecule has 0 spiro atoms. The molecule has 0 aliphatic carbocycles. The molecule has 15 heavy (non-hydrogen) atoms. The molecular formula is C12H16N2O. The maximum atomic E-state index is 5.73. The molecule has 1 aromatic rings. The largest absolute Gasteiger partial charge is 0.467 e. The van der Waals surface area contributed by atoms with Crippen molar-refractivity contribution < 1.29 is 4.74 Å².